The van der Waals surface area contributed by atoms with Gasteiger partial charge in [0.1, 0.15) is 6.61 Å². The summed E-state index contributed by atoms with van der Waals surface area (Å²) in [4.78, 5) is 17.1. The third-order valence-electron chi connectivity index (χ3n) is 3.89. The van der Waals surface area contributed by atoms with Crippen LogP contribution in [0.3, 0.4) is 0 Å². The van der Waals surface area contributed by atoms with E-state index in [4.69, 9.17) is 15.2 Å². The van der Waals surface area contributed by atoms with E-state index in [-0.39, 0.29) is 11.9 Å². The summed E-state index contributed by atoms with van der Waals surface area (Å²) in [7, 11) is 1.56. The number of rotatable bonds is 8. The van der Waals surface area contributed by atoms with Crippen LogP contribution >= 0.6 is 0 Å². The van der Waals surface area contributed by atoms with E-state index in [0.717, 1.165) is 17.7 Å². The lowest BCUT2D eigenvalue weighted by Gasteiger charge is -2.19. The van der Waals surface area contributed by atoms with E-state index in [2.05, 4.69) is 10.3 Å². The molecule has 0 fully saturated rings. The Kier molecular flexibility index (Phi) is 6.77. The first-order chi connectivity index (χ1) is 12.1. The van der Waals surface area contributed by atoms with Crippen LogP contribution in [0.4, 0.5) is 0 Å². The van der Waals surface area contributed by atoms with E-state index in [1.165, 1.54) is 0 Å². The number of hydrogen-bond donors (Lipinski definition) is 2. The Morgan fingerprint density at radius 2 is 2.12 bits per heavy atom. The molecule has 0 bridgehead atoms. The van der Waals surface area contributed by atoms with Gasteiger partial charge in [0.25, 0.3) is 5.91 Å². The second-order valence-corrected chi connectivity index (χ2v) is 5.64. The van der Waals surface area contributed by atoms with Gasteiger partial charge in [0, 0.05) is 18.3 Å². The molecule has 6 nitrogen and oxygen atoms in total. The fourth-order valence-electron chi connectivity index (χ4n) is 2.57. The van der Waals surface area contributed by atoms with Crippen LogP contribution in [0.1, 0.15) is 41.0 Å². The number of nitrogens with one attached hydrogen (secondary N) is 1. The highest BCUT2D eigenvalue weighted by Crippen LogP contribution is 2.28. The highest BCUT2D eigenvalue weighted by Gasteiger charge is 2.18. The molecular formula is C19H25N3O3. The molecule has 1 heterocycles. The Morgan fingerprint density at radius 3 is 2.76 bits per heavy atom. The number of nitrogens with zero attached hydrogens (tertiary/aromatic N) is 1. The zero-order chi connectivity index (χ0) is 18.2. The summed E-state index contributed by atoms with van der Waals surface area (Å²) in [5, 5.41) is 3.04. The van der Waals surface area contributed by atoms with Crippen LogP contribution in [0.15, 0.2) is 36.5 Å². The lowest BCUT2D eigenvalue weighted by atomic mass is 10.0. The highest BCUT2D eigenvalue weighted by atomic mass is 16.5. The van der Waals surface area contributed by atoms with Gasteiger partial charge in [-0.15, -0.1) is 0 Å². The van der Waals surface area contributed by atoms with Crippen LogP contribution in [-0.4, -0.2) is 31.2 Å². The Morgan fingerprint density at radius 1 is 1.32 bits per heavy atom. The molecule has 3 N–H and O–H groups in total. The Labute approximate surface area is 148 Å². The van der Waals surface area contributed by atoms with Crippen molar-refractivity contribution in [3.63, 3.8) is 0 Å². The standard InChI is InChI=1S/C19H25N3O3/c1-4-15(18-13(2)6-5-10-21-18)22-19(23)14-7-8-16(24-3)17(12-14)25-11-9-20/h5-8,10,12,15H,4,9,11,20H2,1-3H3,(H,22,23). The topological polar surface area (TPSA) is 86.5 Å². The number of methoxy groups -OCH3 is 1. The van der Waals surface area contributed by atoms with Crippen LogP contribution in [0.25, 0.3) is 0 Å². The zero-order valence-corrected chi connectivity index (χ0v) is 14.9. The third kappa shape index (κ3) is 4.70. The summed E-state index contributed by atoms with van der Waals surface area (Å²) >= 11 is 0. The first-order valence-electron chi connectivity index (χ1n) is 8.34. The van der Waals surface area contributed by atoms with Gasteiger partial charge in [-0.3, -0.25) is 9.78 Å². The predicted molar refractivity (Wildman–Crippen MR) is 97.0 cm³/mol. The second-order valence-electron chi connectivity index (χ2n) is 5.64. The summed E-state index contributed by atoms with van der Waals surface area (Å²) in [5.74, 6) is 0.887. The fraction of sp³-hybridized carbons (Fsp3) is 0.368. The fourth-order valence-corrected chi connectivity index (χ4v) is 2.57. The van der Waals surface area contributed by atoms with Crippen LogP contribution in [0.2, 0.25) is 0 Å². The van der Waals surface area contributed by atoms with Crippen LogP contribution < -0.4 is 20.5 Å². The van der Waals surface area contributed by atoms with Crippen molar-refractivity contribution in [3.8, 4) is 11.5 Å². The maximum Gasteiger partial charge on any atom is 0.251 e. The summed E-state index contributed by atoms with van der Waals surface area (Å²) in [6.07, 6.45) is 2.49. The molecular weight excluding hydrogens is 318 g/mol. The second kappa shape index (κ2) is 9.03. The van der Waals surface area contributed by atoms with Crippen molar-refractivity contribution in [2.24, 2.45) is 5.73 Å². The minimum atomic E-state index is -0.183. The van der Waals surface area contributed by atoms with Gasteiger partial charge in [-0.2, -0.15) is 0 Å². The molecule has 134 valence electrons. The smallest absolute Gasteiger partial charge is 0.251 e. The number of benzene rings is 1. The molecule has 0 saturated heterocycles. The van der Waals surface area contributed by atoms with E-state index in [0.29, 0.717) is 30.2 Å². The van der Waals surface area contributed by atoms with E-state index in [1.807, 2.05) is 26.0 Å². The van der Waals surface area contributed by atoms with Gasteiger partial charge in [-0.1, -0.05) is 13.0 Å². The van der Waals surface area contributed by atoms with Gasteiger partial charge >= 0.3 is 0 Å². The number of carbonyl (C=O) groups is 1. The Bertz CT molecular complexity index is 719. The number of aromatic nitrogens is 1. The van der Waals surface area contributed by atoms with Crippen LogP contribution in [-0.2, 0) is 0 Å². The molecule has 2 rings (SSSR count). The first kappa shape index (κ1) is 18.7. The van der Waals surface area contributed by atoms with Crippen molar-refractivity contribution in [3.05, 3.63) is 53.3 Å². The minimum absolute atomic E-state index is 0.149. The van der Waals surface area contributed by atoms with Gasteiger partial charge in [-0.05, 0) is 43.2 Å². The average molecular weight is 343 g/mol. The summed E-state index contributed by atoms with van der Waals surface area (Å²) in [6, 6.07) is 8.82. The van der Waals surface area contributed by atoms with E-state index in [9.17, 15) is 4.79 Å². The molecule has 1 aromatic carbocycles. The van der Waals surface area contributed by atoms with Gasteiger partial charge in [0.05, 0.1) is 18.8 Å². The van der Waals surface area contributed by atoms with Gasteiger partial charge < -0.3 is 20.5 Å². The maximum atomic E-state index is 12.7. The molecule has 0 spiro atoms. The Hall–Kier alpha value is -2.60. The van der Waals surface area contributed by atoms with Crippen molar-refractivity contribution < 1.29 is 14.3 Å². The first-order valence-corrected chi connectivity index (χ1v) is 8.34. The number of ether oxygens (including phenoxy) is 2. The molecule has 0 aliphatic carbocycles. The van der Waals surface area contributed by atoms with Gasteiger partial charge in [0.15, 0.2) is 11.5 Å². The monoisotopic (exact) mass is 343 g/mol. The summed E-state index contributed by atoms with van der Waals surface area (Å²) < 4.78 is 10.8. The molecule has 0 aliphatic rings. The predicted octanol–water partition coefficient (Wildman–Crippen LogP) is 2.62. The molecule has 2 aromatic rings. The molecule has 1 unspecified atom stereocenters. The molecule has 25 heavy (non-hydrogen) atoms. The SMILES string of the molecule is CCC(NC(=O)c1ccc(OC)c(OCCN)c1)c1ncccc1C. The van der Waals surface area contributed by atoms with E-state index in [1.54, 1.807) is 31.5 Å². The minimum Gasteiger partial charge on any atom is -0.493 e. The molecule has 1 atom stereocenters. The van der Waals surface area contributed by atoms with Crippen molar-refractivity contribution in [2.45, 2.75) is 26.3 Å². The summed E-state index contributed by atoms with van der Waals surface area (Å²) in [6.45, 7) is 4.74. The Balaban J connectivity index is 2.20. The van der Waals surface area contributed by atoms with Crippen LogP contribution in [0, 0.1) is 6.92 Å². The van der Waals surface area contributed by atoms with E-state index < -0.39 is 0 Å². The zero-order valence-electron chi connectivity index (χ0n) is 14.9. The number of amides is 1. The lowest BCUT2D eigenvalue weighted by molar-refractivity contribution is 0.0934. The molecule has 0 aliphatic heterocycles. The van der Waals surface area contributed by atoms with Gasteiger partial charge in [-0.25, -0.2) is 0 Å². The van der Waals surface area contributed by atoms with Crippen molar-refractivity contribution in [2.75, 3.05) is 20.3 Å². The number of carbonyl (C=O) groups excluding carboxylic acids is 1. The quantitative estimate of drug-likeness (QED) is 0.769. The lowest BCUT2D eigenvalue weighted by Crippen LogP contribution is -2.29. The molecule has 1 aromatic heterocycles. The van der Waals surface area contributed by atoms with Crippen molar-refractivity contribution in [1.82, 2.24) is 10.3 Å². The molecule has 1 amide bonds. The maximum absolute atomic E-state index is 12.7. The largest absolute Gasteiger partial charge is 0.493 e. The summed E-state index contributed by atoms with van der Waals surface area (Å²) in [5.41, 5.74) is 7.91. The van der Waals surface area contributed by atoms with E-state index >= 15 is 0 Å². The average Bonchev–Trinajstić information content (AvgIpc) is 2.64. The molecule has 6 heteroatoms. The van der Waals surface area contributed by atoms with Crippen molar-refractivity contribution in [1.29, 1.82) is 0 Å². The normalized spacial score (nSPS) is 11.7. The molecule has 0 saturated carbocycles. The number of hydrogen-bond acceptors (Lipinski definition) is 5. The van der Waals surface area contributed by atoms with Crippen molar-refractivity contribution >= 4 is 5.91 Å². The van der Waals surface area contributed by atoms with Crippen LogP contribution in [0.5, 0.6) is 11.5 Å². The van der Waals surface area contributed by atoms with Gasteiger partial charge in [0.2, 0.25) is 0 Å². The number of aryl methyl sites for hydroxylation is 1. The third-order valence-corrected chi connectivity index (χ3v) is 3.89. The highest BCUT2D eigenvalue weighted by molar-refractivity contribution is 5.95. The number of nitrogens with two attached hydrogens (primary N) is 1. The number of pyridine rings is 1. The molecule has 0 radical (unpaired) electrons.